The second-order valence-electron chi connectivity index (χ2n) is 7.58. The molecule has 0 spiro atoms. The van der Waals surface area contributed by atoms with Gasteiger partial charge in [0.15, 0.2) is 0 Å². The van der Waals surface area contributed by atoms with Gasteiger partial charge in [0.1, 0.15) is 0 Å². The first-order valence-corrected chi connectivity index (χ1v) is 10.6. The highest BCUT2D eigenvalue weighted by Crippen LogP contribution is 2.36. The molecule has 0 amide bonds. The fourth-order valence-electron chi connectivity index (χ4n) is 4.19. The Hall–Kier alpha value is -3.88. The zero-order chi connectivity index (χ0) is 21.0. The molecule has 0 saturated heterocycles. The van der Waals surface area contributed by atoms with Gasteiger partial charge in [0.2, 0.25) is 0 Å². The minimum atomic E-state index is 0.453. The molecule has 0 aliphatic carbocycles. The summed E-state index contributed by atoms with van der Waals surface area (Å²) in [5.41, 5.74) is 13.3. The minimum absolute atomic E-state index is 0.453. The maximum absolute atomic E-state index is 6.31. The van der Waals surface area contributed by atoms with Crippen LogP contribution in [-0.2, 0) is 6.54 Å². The molecule has 2 heteroatoms. The average Bonchev–Trinajstić information content (AvgIpc) is 3.22. The molecule has 0 atom stereocenters. The molecule has 0 bridgehead atoms. The van der Waals surface area contributed by atoms with E-state index in [-0.39, 0.29) is 0 Å². The maximum Gasteiger partial charge on any atom is 0.0453 e. The molecule has 2 N–H and O–H groups in total. The van der Waals surface area contributed by atoms with Crippen LogP contribution in [0.5, 0.6) is 0 Å². The summed E-state index contributed by atoms with van der Waals surface area (Å²) in [7, 11) is 0. The van der Waals surface area contributed by atoms with Crippen LogP contribution in [0.25, 0.3) is 39.7 Å². The first-order chi connectivity index (χ1) is 15.3. The van der Waals surface area contributed by atoms with E-state index in [1.54, 1.807) is 0 Å². The molecule has 0 radical (unpaired) electrons. The van der Waals surface area contributed by atoms with Gasteiger partial charge in [-0.2, -0.15) is 0 Å². The van der Waals surface area contributed by atoms with E-state index < -0.39 is 0 Å². The minimum Gasteiger partial charge on any atom is -0.325 e. The van der Waals surface area contributed by atoms with Gasteiger partial charge >= 0.3 is 0 Å². The number of nitrogens with two attached hydrogens (primary N) is 1. The van der Waals surface area contributed by atoms with Gasteiger partial charge in [-0.3, -0.25) is 0 Å². The van der Waals surface area contributed by atoms with Crippen LogP contribution in [0.15, 0.2) is 109 Å². The second kappa shape index (κ2) is 8.47. The van der Waals surface area contributed by atoms with Crippen LogP contribution in [0.3, 0.4) is 0 Å². The maximum atomic E-state index is 6.31. The van der Waals surface area contributed by atoms with Crippen molar-refractivity contribution in [2.24, 2.45) is 5.73 Å². The van der Waals surface area contributed by atoms with E-state index in [0.29, 0.717) is 6.54 Å². The Morgan fingerprint density at radius 2 is 1.32 bits per heavy atom. The summed E-state index contributed by atoms with van der Waals surface area (Å²) < 4.78 is 2.22. The van der Waals surface area contributed by atoms with Gasteiger partial charge in [-0.25, -0.2) is 0 Å². The molecule has 4 aromatic carbocycles. The van der Waals surface area contributed by atoms with Gasteiger partial charge in [0.25, 0.3) is 0 Å². The van der Waals surface area contributed by atoms with Crippen LogP contribution in [0, 0.1) is 0 Å². The Kier molecular flexibility index (Phi) is 5.22. The van der Waals surface area contributed by atoms with Gasteiger partial charge in [-0.05, 0) is 34.0 Å². The van der Waals surface area contributed by atoms with Crippen molar-refractivity contribution in [1.82, 2.24) is 4.57 Å². The average molecular weight is 401 g/mol. The molecule has 0 aliphatic rings. The van der Waals surface area contributed by atoms with Gasteiger partial charge < -0.3 is 10.3 Å². The highest BCUT2D eigenvalue weighted by Gasteiger charge is 2.17. The van der Waals surface area contributed by atoms with Crippen molar-refractivity contribution in [3.8, 4) is 16.8 Å². The lowest BCUT2D eigenvalue weighted by molar-refractivity contribution is 0.909. The molecule has 1 aromatic heterocycles. The summed E-state index contributed by atoms with van der Waals surface area (Å²) in [6.45, 7) is 0.453. The number of benzene rings is 4. The molecule has 0 saturated carbocycles. The summed E-state index contributed by atoms with van der Waals surface area (Å²) in [6.07, 6.45) is 6.59. The van der Waals surface area contributed by atoms with Crippen molar-refractivity contribution < 1.29 is 0 Å². The lowest BCUT2D eigenvalue weighted by Gasteiger charge is -2.08. The van der Waals surface area contributed by atoms with Crippen LogP contribution in [0.1, 0.15) is 16.8 Å². The third kappa shape index (κ3) is 3.70. The Labute approximate surface area is 182 Å². The smallest absolute Gasteiger partial charge is 0.0453 e. The summed E-state index contributed by atoms with van der Waals surface area (Å²) in [4.78, 5) is 0. The lowest BCUT2D eigenvalue weighted by Crippen LogP contribution is -2.06. The van der Waals surface area contributed by atoms with E-state index in [9.17, 15) is 0 Å². The van der Waals surface area contributed by atoms with E-state index in [0.717, 1.165) is 16.9 Å². The van der Waals surface area contributed by atoms with E-state index in [1.807, 2.05) is 12.1 Å². The molecule has 0 unspecified atom stereocenters. The molecule has 1 heterocycles. The monoisotopic (exact) mass is 400 g/mol. The Morgan fingerprint density at radius 1 is 0.645 bits per heavy atom. The third-order valence-corrected chi connectivity index (χ3v) is 5.70. The fourth-order valence-corrected chi connectivity index (χ4v) is 4.19. The number of para-hydroxylation sites is 1. The van der Waals surface area contributed by atoms with Crippen molar-refractivity contribution >= 4 is 22.9 Å². The van der Waals surface area contributed by atoms with Crippen molar-refractivity contribution in [3.05, 3.63) is 126 Å². The standard InChI is InChI=1S/C29H24N2/c30-20-29-27(19-18-22-10-3-1-4-11-22)28(21-31(29)24-14-5-2-6-15-24)26-17-9-13-23-12-7-8-16-25(23)26/h1-19,21H,20,30H2. The Balaban J connectivity index is 1.76. The topological polar surface area (TPSA) is 30.9 Å². The normalized spacial score (nSPS) is 11.4. The van der Waals surface area contributed by atoms with Gasteiger partial charge in [-0.1, -0.05) is 103 Å². The molecule has 2 nitrogen and oxygen atoms in total. The molecular formula is C29H24N2. The van der Waals surface area contributed by atoms with Crippen LogP contribution < -0.4 is 5.73 Å². The van der Waals surface area contributed by atoms with Gasteiger partial charge in [0, 0.05) is 35.2 Å². The van der Waals surface area contributed by atoms with E-state index in [1.165, 1.54) is 27.5 Å². The summed E-state index contributed by atoms with van der Waals surface area (Å²) in [5.74, 6) is 0. The highest BCUT2D eigenvalue weighted by molar-refractivity contribution is 5.99. The zero-order valence-electron chi connectivity index (χ0n) is 17.3. The fraction of sp³-hybridized carbons (Fsp3) is 0.0345. The van der Waals surface area contributed by atoms with Crippen molar-refractivity contribution in [1.29, 1.82) is 0 Å². The molecule has 0 fully saturated rings. The molecule has 5 aromatic rings. The van der Waals surface area contributed by atoms with Crippen LogP contribution >= 0.6 is 0 Å². The van der Waals surface area contributed by atoms with E-state index >= 15 is 0 Å². The predicted octanol–water partition coefficient (Wildman–Crippen LogP) is 6.93. The highest BCUT2D eigenvalue weighted by atomic mass is 15.0. The van der Waals surface area contributed by atoms with Crippen molar-refractivity contribution in [2.45, 2.75) is 6.54 Å². The third-order valence-electron chi connectivity index (χ3n) is 5.70. The van der Waals surface area contributed by atoms with E-state index in [4.69, 9.17) is 5.73 Å². The number of fused-ring (bicyclic) bond motifs is 1. The number of rotatable bonds is 5. The first kappa shape index (κ1) is 19.1. The zero-order valence-corrected chi connectivity index (χ0v) is 17.3. The van der Waals surface area contributed by atoms with Crippen LogP contribution in [-0.4, -0.2) is 4.57 Å². The van der Waals surface area contributed by atoms with Crippen LogP contribution in [0.4, 0.5) is 0 Å². The number of hydrogen-bond donors (Lipinski definition) is 1. The number of nitrogens with zero attached hydrogens (tertiary/aromatic N) is 1. The largest absolute Gasteiger partial charge is 0.325 e. The lowest BCUT2D eigenvalue weighted by atomic mass is 9.96. The molecule has 5 rings (SSSR count). The summed E-state index contributed by atoms with van der Waals surface area (Å²) in [6, 6.07) is 35.8. The second-order valence-corrected chi connectivity index (χ2v) is 7.58. The van der Waals surface area contributed by atoms with E-state index in [2.05, 4.69) is 114 Å². The van der Waals surface area contributed by atoms with Crippen LogP contribution in [0.2, 0.25) is 0 Å². The number of aromatic nitrogens is 1. The molecule has 31 heavy (non-hydrogen) atoms. The predicted molar refractivity (Wildman–Crippen MR) is 132 cm³/mol. The molecular weight excluding hydrogens is 376 g/mol. The quantitative estimate of drug-likeness (QED) is 0.341. The van der Waals surface area contributed by atoms with Gasteiger partial charge in [-0.15, -0.1) is 0 Å². The van der Waals surface area contributed by atoms with Gasteiger partial charge in [0.05, 0.1) is 0 Å². The van der Waals surface area contributed by atoms with Crippen molar-refractivity contribution in [2.75, 3.05) is 0 Å². The number of hydrogen-bond acceptors (Lipinski definition) is 1. The summed E-state index contributed by atoms with van der Waals surface area (Å²) >= 11 is 0. The molecule has 150 valence electrons. The SMILES string of the molecule is NCc1c(C=Cc2ccccc2)c(-c2cccc3ccccc23)cn1-c1ccccc1. The first-order valence-electron chi connectivity index (χ1n) is 10.6. The summed E-state index contributed by atoms with van der Waals surface area (Å²) in [5, 5.41) is 2.48. The Morgan fingerprint density at radius 3 is 2.10 bits per heavy atom. The molecule has 0 aliphatic heterocycles. The Bertz CT molecular complexity index is 1340. The van der Waals surface area contributed by atoms with Crippen molar-refractivity contribution in [3.63, 3.8) is 0 Å².